The monoisotopic (exact) mass is 401 g/mol. The quantitative estimate of drug-likeness (QED) is 0.793. The van der Waals surface area contributed by atoms with E-state index in [1.165, 1.54) is 6.92 Å². The van der Waals surface area contributed by atoms with Crippen molar-refractivity contribution < 1.29 is 14.4 Å². The predicted molar refractivity (Wildman–Crippen MR) is 107 cm³/mol. The number of aryl methyl sites for hydroxylation is 1. The summed E-state index contributed by atoms with van der Waals surface area (Å²) in [5.74, 6) is 0.549. The third-order valence-electron chi connectivity index (χ3n) is 7.01. The molecular formula is C21H31N5O3. The molecule has 3 aliphatic rings. The van der Waals surface area contributed by atoms with Gasteiger partial charge in [0.25, 0.3) is 5.91 Å². The van der Waals surface area contributed by atoms with Gasteiger partial charge in [0.05, 0.1) is 6.04 Å². The Hall–Kier alpha value is -2.38. The Balaban J connectivity index is 1.59. The number of aromatic nitrogens is 2. The molecule has 158 valence electrons. The number of fused-ring (bicyclic) bond motifs is 4. The van der Waals surface area contributed by atoms with Crippen molar-refractivity contribution in [3.63, 3.8) is 0 Å². The molecular weight excluding hydrogens is 370 g/mol. The number of amides is 3. The average Bonchev–Trinajstić information content (AvgIpc) is 3.08. The molecule has 1 aromatic rings. The molecule has 0 radical (unpaired) electrons. The smallest absolute Gasteiger partial charge is 0.274 e. The molecule has 0 aromatic carbocycles. The van der Waals surface area contributed by atoms with Gasteiger partial charge < -0.3 is 15.1 Å². The molecule has 0 saturated carbocycles. The van der Waals surface area contributed by atoms with Crippen LogP contribution in [-0.4, -0.2) is 69.4 Å². The minimum absolute atomic E-state index is 0.0259. The zero-order valence-electron chi connectivity index (χ0n) is 17.5. The third-order valence-corrected chi connectivity index (χ3v) is 7.01. The van der Waals surface area contributed by atoms with Crippen LogP contribution in [-0.2, 0) is 16.0 Å². The van der Waals surface area contributed by atoms with Gasteiger partial charge in [-0.2, -0.15) is 5.10 Å². The summed E-state index contributed by atoms with van der Waals surface area (Å²) in [5.41, 5.74) is 2.44. The highest BCUT2D eigenvalue weighted by atomic mass is 16.2. The first kappa shape index (κ1) is 19.9. The van der Waals surface area contributed by atoms with E-state index in [1.54, 1.807) is 0 Å². The molecule has 4 heterocycles. The highest BCUT2D eigenvalue weighted by Gasteiger charge is 2.50. The summed E-state index contributed by atoms with van der Waals surface area (Å²) in [4.78, 5) is 41.5. The Kier molecular flexibility index (Phi) is 5.36. The molecule has 4 atom stereocenters. The lowest BCUT2D eigenvalue weighted by molar-refractivity contribution is -0.151. The van der Waals surface area contributed by atoms with Crippen LogP contribution < -0.4 is 5.32 Å². The summed E-state index contributed by atoms with van der Waals surface area (Å²) in [6, 6.07) is 0.114. The predicted octanol–water partition coefficient (Wildman–Crippen LogP) is 1.26. The first-order chi connectivity index (χ1) is 13.9. The molecule has 2 N–H and O–H groups in total. The number of piperidine rings is 3. The first-order valence-electron chi connectivity index (χ1n) is 10.8. The van der Waals surface area contributed by atoms with Crippen LogP contribution in [0.5, 0.6) is 0 Å². The molecule has 2 bridgehead atoms. The second-order valence-electron chi connectivity index (χ2n) is 8.76. The number of nitrogens with one attached hydrogen (secondary N) is 2. The molecule has 3 saturated heterocycles. The molecule has 1 aromatic heterocycles. The summed E-state index contributed by atoms with van der Waals surface area (Å²) in [7, 11) is 0. The maximum absolute atomic E-state index is 13.3. The standard InChI is InChI=1S/C21H31N5O3/c1-4-16-12(2)20(24-23-16)21(29)25-10-14-8-15(11-25)18(9-22-13(3)27)26-17(14)6-5-7-19(26)28/h14-15,17-18H,4-11H2,1-3H3,(H,22,27)(H,23,24)/t14-,15+,17+,18+/m1/s1. The molecule has 29 heavy (non-hydrogen) atoms. The van der Waals surface area contributed by atoms with E-state index in [2.05, 4.69) is 20.4 Å². The average molecular weight is 402 g/mol. The van der Waals surface area contributed by atoms with Crippen molar-refractivity contribution in [1.82, 2.24) is 25.3 Å². The van der Waals surface area contributed by atoms with E-state index in [-0.39, 0.29) is 35.7 Å². The lowest BCUT2D eigenvalue weighted by atomic mass is 9.72. The summed E-state index contributed by atoms with van der Waals surface area (Å²) in [5, 5.41) is 10.2. The van der Waals surface area contributed by atoms with E-state index in [4.69, 9.17) is 0 Å². The van der Waals surface area contributed by atoms with E-state index >= 15 is 0 Å². The summed E-state index contributed by atoms with van der Waals surface area (Å²) in [6.07, 6.45) is 4.28. The highest BCUT2D eigenvalue weighted by Crippen LogP contribution is 2.41. The number of carbonyl (C=O) groups excluding carboxylic acids is 3. The lowest BCUT2D eigenvalue weighted by Gasteiger charge is -2.56. The van der Waals surface area contributed by atoms with Crippen molar-refractivity contribution in [2.75, 3.05) is 19.6 Å². The van der Waals surface area contributed by atoms with E-state index in [1.807, 2.05) is 18.7 Å². The number of hydrogen-bond donors (Lipinski definition) is 2. The van der Waals surface area contributed by atoms with Gasteiger partial charge in [-0.15, -0.1) is 0 Å². The van der Waals surface area contributed by atoms with Crippen LogP contribution >= 0.6 is 0 Å². The van der Waals surface area contributed by atoms with Gasteiger partial charge in [-0.1, -0.05) is 6.92 Å². The minimum Gasteiger partial charge on any atom is -0.354 e. The molecule has 8 nitrogen and oxygen atoms in total. The Morgan fingerprint density at radius 1 is 1.28 bits per heavy atom. The van der Waals surface area contributed by atoms with Crippen LogP contribution in [0.1, 0.15) is 61.3 Å². The number of likely N-dealkylation sites (tertiary alicyclic amines) is 1. The Morgan fingerprint density at radius 3 is 2.72 bits per heavy atom. The number of carbonyl (C=O) groups is 3. The highest BCUT2D eigenvalue weighted by molar-refractivity contribution is 5.94. The Morgan fingerprint density at radius 2 is 2.03 bits per heavy atom. The van der Waals surface area contributed by atoms with Gasteiger partial charge in [-0.3, -0.25) is 19.5 Å². The number of rotatable bonds is 4. The largest absolute Gasteiger partial charge is 0.354 e. The fraction of sp³-hybridized carbons (Fsp3) is 0.714. The Labute approximate surface area is 171 Å². The topological polar surface area (TPSA) is 98.4 Å². The number of hydrogen-bond acceptors (Lipinski definition) is 4. The van der Waals surface area contributed by atoms with Gasteiger partial charge in [0, 0.05) is 50.3 Å². The van der Waals surface area contributed by atoms with Crippen LogP contribution in [0, 0.1) is 18.8 Å². The number of H-pyrrole nitrogens is 1. The molecule has 3 aliphatic heterocycles. The van der Waals surface area contributed by atoms with Gasteiger partial charge in [-0.05, 0) is 44.4 Å². The van der Waals surface area contributed by atoms with Crippen LogP contribution in [0.2, 0.25) is 0 Å². The van der Waals surface area contributed by atoms with Gasteiger partial charge in [0.15, 0.2) is 5.69 Å². The van der Waals surface area contributed by atoms with Crippen LogP contribution in [0.25, 0.3) is 0 Å². The van der Waals surface area contributed by atoms with Crippen molar-refractivity contribution in [2.24, 2.45) is 11.8 Å². The van der Waals surface area contributed by atoms with Gasteiger partial charge in [0.2, 0.25) is 11.8 Å². The molecule has 0 unspecified atom stereocenters. The van der Waals surface area contributed by atoms with Crippen molar-refractivity contribution >= 4 is 17.7 Å². The zero-order valence-corrected chi connectivity index (χ0v) is 17.5. The van der Waals surface area contributed by atoms with Crippen molar-refractivity contribution in [2.45, 2.75) is 65.0 Å². The van der Waals surface area contributed by atoms with Crippen molar-refractivity contribution in [3.8, 4) is 0 Å². The van der Waals surface area contributed by atoms with Crippen LogP contribution in [0.4, 0.5) is 0 Å². The molecule has 8 heteroatoms. The fourth-order valence-corrected chi connectivity index (χ4v) is 5.59. The molecule has 3 fully saturated rings. The normalized spacial score (nSPS) is 28.9. The van der Waals surface area contributed by atoms with Crippen molar-refractivity contribution in [1.29, 1.82) is 0 Å². The van der Waals surface area contributed by atoms with E-state index in [0.717, 1.165) is 36.9 Å². The maximum atomic E-state index is 13.3. The second-order valence-corrected chi connectivity index (χ2v) is 8.76. The van der Waals surface area contributed by atoms with Crippen LogP contribution in [0.15, 0.2) is 0 Å². The van der Waals surface area contributed by atoms with E-state index in [9.17, 15) is 14.4 Å². The maximum Gasteiger partial charge on any atom is 0.274 e. The molecule has 0 aliphatic carbocycles. The molecule has 3 amide bonds. The van der Waals surface area contributed by atoms with Crippen molar-refractivity contribution in [3.05, 3.63) is 17.0 Å². The molecule has 0 spiro atoms. The number of aromatic amines is 1. The lowest BCUT2D eigenvalue weighted by Crippen LogP contribution is -2.67. The number of nitrogens with zero attached hydrogens (tertiary/aromatic N) is 3. The van der Waals surface area contributed by atoms with Gasteiger partial charge in [0.1, 0.15) is 0 Å². The third kappa shape index (κ3) is 3.53. The van der Waals surface area contributed by atoms with E-state index < -0.39 is 0 Å². The summed E-state index contributed by atoms with van der Waals surface area (Å²) < 4.78 is 0. The zero-order chi connectivity index (χ0) is 20.7. The van der Waals surface area contributed by atoms with E-state index in [0.29, 0.717) is 37.7 Å². The fourth-order valence-electron chi connectivity index (χ4n) is 5.59. The first-order valence-corrected chi connectivity index (χ1v) is 10.8. The van der Waals surface area contributed by atoms with Crippen LogP contribution in [0.3, 0.4) is 0 Å². The molecule has 4 rings (SSSR count). The van der Waals surface area contributed by atoms with Gasteiger partial charge in [-0.25, -0.2) is 0 Å². The second kappa shape index (κ2) is 7.80. The Bertz CT molecular complexity index is 819. The summed E-state index contributed by atoms with van der Waals surface area (Å²) >= 11 is 0. The minimum atomic E-state index is -0.0869. The SMILES string of the molecule is CCc1[nH]nc(C(=O)N2C[C@H]3C[C@@H](C2)[C@H](CNC(C)=O)N2C(=O)CCC[C@@H]32)c1C. The van der Waals surface area contributed by atoms with Gasteiger partial charge >= 0.3 is 0 Å². The summed E-state index contributed by atoms with van der Waals surface area (Å²) in [6.45, 7) is 7.22.